The van der Waals surface area contributed by atoms with E-state index in [1.165, 1.54) is 23.1 Å². The monoisotopic (exact) mass is 488 g/mol. The van der Waals surface area contributed by atoms with Crippen molar-refractivity contribution < 1.29 is 27.5 Å². The summed E-state index contributed by atoms with van der Waals surface area (Å²) in [6, 6.07) is 14.1. The molecule has 35 heavy (non-hydrogen) atoms. The molecule has 0 saturated carbocycles. The normalized spacial score (nSPS) is 21.0. The lowest BCUT2D eigenvalue weighted by molar-refractivity contribution is -0.138. The summed E-state index contributed by atoms with van der Waals surface area (Å²) in [6.07, 6.45) is -0.136. The Morgan fingerprint density at radius 2 is 1.51 bits per heavy atom. The van der Waals surface area contributed by atoms with Gasteiger partial charge in [-0.2, -0.15) is 13.2 Å². The molecule has 1 atom stereocenters. The van der Waals surface area contributed by atoms with E-state index < -0.39 is 23.1 Å². The fraction of sp³-hybridized carbons (Fsp3) is 0.481. The molecule has 188 valence electrons. The van der Waals surface area contributed by atoms with Gasteiger partial charge in [-0.15, -0.1) is 0 Å². The summed E-state index contributed by atoms with van der Waals surface area (Å²) in [6.45, 7) is 2.16. The van der Waals surface area contributed by atoms with Gasteiger partial charge in [0.1, 0.15) is 5.75 Å². The highest BCUT2D eigenvalue weighted by Crippen LogP contribution is 2.38. The van der Waals surface area contributed by atoms with Gasteiger partial charge in [0, 0.05) is 38.0 Å². The molecule has 2 aromatic carbocycles. The number of alkyl halides is 3. The molecule has 2 amide bonds. The molecule has 1 unspecified atom stereocenters. The van der Waals surface area contributed by atoms with E-state index in [1.807, 2.05) is 35.2 Å². The van der Waals surface area contributed by atoms with Gasteiger partial charge in [0.2, 0.25) is 5.91 Å². The van der Waals surface area contributed by atoms with Crippen molar-refractivity contribution in [2.24, 2.45) is 5.41 Å². The third-order valence-corrected chi connectivity index (χ3v) is 6.93. The Bertz CT molecular complexity index is 1020. The molecule has 8 heteroatoms. The Morgan fingerprint density at radius 1 is 0.857 bits per heavy atom. The van der Waals surface area contributed by atoms with Crippen molar-refractivity contribution >= 4 is 11.8 Å². The van der Waals surface area contributed by atoms with E-state index in [2.05, 4.69) is 0 Å². The van der Waals surface area contributed by atoms with E-state index in [4.69, 9.17) is 4.74 Å². The predicted molar refractivity (Wildman–Crippen MR) is 126 cm³/mol. The first-order valence-corrected chi connectivity index (χ1v) is 12.2. The minimum Gasteiger partial charge on any atom is -0.493 e. The second-order valence-corrected chi connectivity index (χ2v) is 9.59. The van der Waals surface area contributed by atoms with Crippen molar-refractivity contribution in [1.29, 1.82) is 0 Å². The van der Waals surface area contributed by atoms with Crippen molar-refractivity contribution in [2.75, 3.05) is 32.8 Å². The van der Waals surface area contributed by atoms with Crippen molar-refractivity contribution in [2.45, 2.75) is 44.7 Å². The van der Waals surface area contributed by atoms with Crippen LogP contribution in [0.15, 0.2) is 54.6 Å². The van der Waals surface area contributed by atoms with E-state index in [-0.39, 0.29) is 31.0 Å². The maximum absolute atomic E-state index is 13.6. The van der Waals surface area contributed by atoms with E-state index >= 15 is 0 Å². The number of carbonyl (C=O) groups is 2. The molecule has 2 saturated heterocycles. The number of para-hydroxylation sites is 1. The zero-order chi connectivity index (χ0) is 24.9. The van der Waals surface area contributed by atoms with E-state index in [0.29, 0.717) is 25.1 Å². The Kier molecular flexibility index (Phi) is 7.67. The lowest BCUT2D eigenvalue weighted by atomic mass is 9.77. The molecule has 0 aromatic heterocycles. The molecule has 0 bridgehead atoms. The van der Waals surface area contributed by atoms with Crippen LogP contribution >= 0.6 is 0 Å². The number of hydrogen-bond donors (Lipinski definition) is 0. The minimum absolute atomic E-state index is 0.0198. The lowest BCUT2D eigenvalue weighted by Crippen LogP contribution is -2.51. The average molecular weight is 489 g/mol. The third-order valence-electron chi connectivity index (χ3n) is 6.93. The number of likely N-dealkylation sites (tertiary alicyclic amines) is 2. The van der Waals surface area contributed by atoms with Crippen LogP contribution in [0.2, 0.25) is 0 Å². The largest absolute Gasteiger partial charge is 0.493 e. The molecule has 4 rings (SSSR count). The molecule has 2 aromatic rings. The second kappa shape index (κ2) is 10.7. The zero-order valence-corrected chi connectivity index (χ0v) is 19.7. The molecule has 5 nitrogen and oxygen atoms in total. The van der Waals surface area contributed by atoms with Gasteiger partial charge >= 0.3 is 6.18 Å². The van der Waals surface area contributed by atoms with Crippen LogP contribution in [0.4, 0.5) is 13.2 Å². The van der Waals surface area contributed by atoms with Gasteiger partial charge in [-0.25, -0.2) is 0 Å². The maximum atomic E-state index is 13.6. The quantitative estimate of drug-likeness (QED) is 0.547. The molecule has 2 heterocycles. The first-order valence-electron chi connectivity index (χ1n) is 12.2. The van der Waals surface area contributed by atoms with Gasteiger partial charge in [-0.1, -0.05) is 30.3 Å². The summed E-state index contributed by atoms with van der Waals surface area (Å²) in [4.78, 5) is 29.9. The lowest BCUT2D eigenvalue weighted by Gasteiger charge is -2.43. The molecule has 0 N–H and O–H groups in total. The summed E-state index contributed by atoms with van der Waals surface area (Å²) in [5.41, 5.74) is -1.97. The molecule has 0 aliphatic carbocycles. The molecular formula is C27H31F3N2O3. The van der Waals surface area contributed by atoms with Gasteiger partial charge in [0.25, 0.3) is 5.91 Å². The Hall–Kier alpha value is -3.03. The smallest absolute Gasteiger partial charge is 0.417 e. The summed E-state index contributed by atoms with van der Waals surface area (Å²) in [5.74, 6) is 0.0154. The minimum atomic E-state index is -4.63. The fourth-order valence-corrected chi connectivity index (χ4v) is 5.11. The first-order chi connectivity index (χ1) is 16.8. The highest BCUT2D eigenvalue weighted by atomic mass is 19.4. The van der Waals surface area contributed by atoms with Gasteiger partial charge in [-0.3, -0.25) is 9.59 Å². The van der Waals surface area contributed by atoms with Crippen molar-refractivity contribution in [3.05, 3.63) is 65.7 Å². The van der Waals surface area contributed by atoms with Crippen molar-refractivity contribution in [1.82, 2.24) is 9.80 Å². The highest BCUT2D eigenvalue weighted by molar-refractivity contribution is 5.96. The molecular weight excluding hydrogens is 457 g/mol. The number of nitrogens with zero attached hydrogens (tertiary/aromatic N) is 2. The predicted octanol–water partition coefficient (Wildman–Crippen LogP) is 5.41. The van der Waals surface area contributed by atoms with Gasteiger partial charge < -0.3 is 14.5 Å². The molecule has 2 aliphatic heterocycles. The average Bonchev–Trinajstić information content (AvgIpc) is 2.88. The number of halogens is 3. The van der Waals surface area contributed by atoms with Crippen LogP contribution in [-0.4, -0.2) is 54.4 Å². The molecule has 2 aliphatic rings. The van der Waals surface area contributed by atoms with Crippen molar-refractivity contribution in [3.63, 3.8) is 0 Å². The van der Waals surface area contributed by atoms with Crippen LogP contribution in [0.25, 0.3) is 0 Å². The summed E-state index contributed by atoms with van der Waals surface area (Å²) >= 11 is 0. The van der Waals surface area contributed by atoms with Crippen LogP contribution in [0.3, 0.4) is 0 Å². The van der Waals surface area contributed by atoms with Crippen LogP contribution in [-0.2, 0) is 11.0 Å². The SMILES string of the molecule is O=C(CC1(COc2ccccc2)CCCN(C(=O)c2ccccc2C(F)(F)F)C1)N1CCCCC1. The summed E-state index contributed by atoms with van der Waals surface area (Å²) in [5, 5.41) is 0. The van der Waals surface area contributed by atoms with Crippen LogP contribution in [0.5, 0.6) is 5.75 Å². The zero-order valence-electron chi connectivity index (χ0n) is 19.7. The number of rotatable bonds is 6. The number of carbonyl (C=O) groups excluding carboxylic acids is 2. The highest BCUT2D eigenvalue weighted by Gasteiger charge is 2.43. The number of ether oxygens (including phenoxy) is 1. The number of piperidine rings is 2. The second-order valence-electron chi connectivity index (χ2n) is 9.59. The van der Waals surface area contributed by atoms with Crippen LogP contribution < -0.4 is 4.74 Å². The van der Waals surface area contributed by atoms with Crippen molar-refractivity contribution in [3.8, 4) is 5.75 Å². The summed E-state index contributed by atoms with van der Waals surface area (Å²) < 4.78 is 46.8. The van der Waals surface area contributed by atoms with E-state index in [1.54, 1.807) is 0 Å². The third kappa shape index (κ3) is 6.16. The first kappa shape index (κ1) is 25.1. The molecule has 2 fully saturated rings. The van der Waals surface area contributed by atoms with E-state index in [0.717, 1.165) is 38.4 Å². The topological polar surface area (TPSA) is 49.9 Å². The number of amides is 2. The Labute approximate surface area is 203 Å². The van der Waals surface area contributed by atoms with Gasteiger partial charge in [-0.05, 0) is 56.4 Å². The number of hydrogen-bond acceptors (Lipinski definition) is 3. The standard InChI is InChI=1S/C27H31F3N2O3/c28-27(29,30)23-13-6-5-12-22(23)25(34)32-17-9-14-26(19-32,20-35-21-10-3-1-4-11-21)18-24(33)31-15-7-2-8-16-31/h1,3-6,10-13H,2,7-9,14-20H2. The van der Waals surface area contributed by atoms with Gasteiger partial charge in [0.15, 0.2) is 0 Å². The number of benzene rings is 2. The van der Waals surface area contributed by atoms with Crippen LogP contribution in [0, 0.1) is 5.41 Å². The summed E-state index contributed by atoms with van der Waals surface area (Å²) in [7, 11) is 0. The Balaban J connectivity index is 1.57. The molecule has 0 radical (unpaired) electrons. The molecule has 0 spiro atoms. The van der Waals surface area contributed by atoms with E-state index in [9.17, 15) is 22.8 Å². The fourth-order valence-electron chi connectivity index (χ4n) is 5.11. The Morgan fingerprint density at radius 3 is 2.23 bits per heavy atom. The maximum Gasteiger partial charge on any atom is 0.417 e. The van der Waals surface area contributed by atoms with Gasteiger partial charge in [0.05, 0.1) is 17.7 Å². The van der Waals surface area contributed by atoms with Crippen LogP contribution in [0.1, 0.15) is 54.4 Å².